The number of carbonyl (C=O) groups is 1. The van der Waals surface area contributed by atoms with E-state index in [0.717, 1.165) is 12.8 Å². The van der Waals surface area contributed by atoms with Crippen molar-refractivity contribution in [3.63, 3.8) is 0 Å². The van der Waals surface area contributed by atoms with Crippen molar-refractivity contribution in [2.45, 2.75) is 18.9 Å². The molecule has 0 unspecified atom stereocenters. The first-order valence-electron chi connectivity index (χ1n) is 5.74. The highest BCUT2D eigenvalue weighted by Gasteiger charge is 2.26. The average Bonchev–Trinajstić information content (AvgIpc) is 3.04. The van der Waals surface area contributed by atoms with Crippen LogP contribution in [0.1, 0.15) is 23.3 Å². The molecule has 1 aromatic heterocycles. The Kier molecular flexibility index (Phi) is 2.59. The number of carbonyl (C=O) groups excluding carboxylic acids is 1. The van der Waals surface area contributed by atoms with Crippen molar-refractivity contribution < 1.29 is 13.6 Å². The second kappa shape index (κ2) is 4.25. The first kappa shape index (κ1) is 11.0. The van der Waals surface area contributed by atoms with Gasteiger partial charge in [0.05, 0.1) is 0 Å². The lowest BCUT2D eigenvalue weighted by Gasteiger charge is -2.02. The lowest BCUT2D eigenvalue weighted by atomic mass is 10.1. The first-order chi connectivity index (χ1) is 8.74. The molecule has 0 bridgehead atoms. The molecule has 1 fully saturated rings. The Bertz CT molecular complexity index is 573. The molecule has 0 spiro atoms. The summed E-state index contributed by atoms with van der Waals surface area (Å²) in [4.78, 5) is 15.8. The van der Waals surface area contributed by atoms with Crippen molar-refractivity contribution >= 4 is 5.91 Å². The molecule has 0 saturated heterocycles. The van der Waals surface area contributed by atoms with Crippen LogP contribution in [-0.4, -0.2) is 16.9 Å². The number of hydrogen-bond donors (Lipinski definition) is 1. The van der Waals surface area contributed by atoms with Crippen LogP contribution in [0.25, 0.3) is 11.3 Å². The first-order valence-corrected chi connectivity index (χ1v) is 5.74. The van der Waals surface area contributed by atoms with Crippen molar-refractivity contribution in [3.8, 4) is 11.3 Å². The van der Waals surface area contributed by atoms with Gasteiger partial charge in [0.2, 0.25) is 0 Å². The van der Waals surface area contributed by atoms with Gasteiger partial charge in [-0.2, -0.15) is 0 Å². The molecule has 3 rings (SSSR count). The molecule has 0 atom stereocenters. The minimum absolute atomic E-state index is 0.244. The van der Waals surface area contributed by atoms with E-state index in [1.165, 1.54) is 18.5 Å². The van der Waals surface area contributed by atoms with Gasteiger partial charge in [-0.25, -0.2) is 9.37 Å². The van der Waals surface area contributed by atoms with E-state index in [1.807, 2.05) is 0 Å². The van der Waals surface area contributed by atoms with Gasteiger partial charge in [0.15, 0.2) is 17.8 Å². The molecule has 18 heavy (non-hydrogen) atoms. The number of rotatable bonds is 3. The van der Waals surface area contributed by atoms with Crippen molar-refractivity contribution in [2.24, 2.45) is 0 Å². The van der Waals surface area contributed by atoms with Crippen LogP contribution in [0.15, 0.2) is 35.1 Å². The molecule has 0 radical (unpaired) electrons. The second-order valence-electron chi connectivity index (χ2n) is 4.28. The summed E-state index contributed by atoms with van der Waals surface area (Å²) < 4.78 is 18.1. The van der Waals surface area contributed by atoms with E-state index in [0.29, 0.717) is 11.3 Å². The molecular formula is C13H11FN2O2. The number of oxazole rings is 1. The van der Waals surface area contributed by atoms with E-state index in [2.05, 4.69) is 10.3 Å². The number of nitrogens with zero attached hydrogens (tertiary/aromatic N) is 1. The van der Waals surface area contributed by atoms with E-state index in [-0.39, 0.29) is 23.5 Å². The van der Waals surface area contributed by atoms with Crippen LogP contribution < -0.4 is 5.32 Å². The normalized spacial score (nSPS) is 14.5. The Labute approximate surface area is 103 Å². The topological polar surface area (TPSA) is 55.1 Å². The van der Waals surface area contributed by atoms with Gasteiger partial charge in [0.25, 0.3) is 5.91 Å². The summed E-state index contributed by atoms with van der Waals surface area (Å²) in [7, 11) is 0. The lowest BCUT2D eigenvalue weighted by Crippen LogP contribution is -2.26. The summed E-state index contributed by atoms with van der Waals surface area (Å²) in [6.45, 7) is 0. The molecule has 1 N–H and O–H groups in total. The molecule has 1 aliphatic rings. The number of benzene rings is 1. The summed E-state index contributed by atoms with van der Waals surface area (Å²) in [6, 6.07) is 6.02. The molecule has 1 aliphatic carbocycles. The van der Waals surface area contributed by atoms with Gasteiger partial charge in [-0.3, -0.25) is 4.79 Å². The van der Waals surface area contributed by atoms with Gasteiger partial charge in [0, 0.05) is 11.6 Å². The fraction of sp³-hybridized carbons (Fsp3) is 0.231. The maximum absolute atomic E-state index is 12.8. The van der Waals surface area contributed by atoms with E-state index in [1.54, 1.807) is 12.1 Å². The maximum atomic E-state index is 12.8. The van der Waals surface area contributed by atoms with E-state index in [9.17, 15) is 9.18 Å². The monoisotopic (exact) mass is 246 g/mol. The third-order valence-corrected chi connectivity index (χ3v) is 2.80. The smallest absolute Gasteiger partial charge is 0.274 e. The molecule has 1 amide bonds. The van der Waals surface area contributed by atoms with Gasteiger partial charge in [-0.05, 0) is 37.1 Å². The van der Waals surface area contributed by atoms with Crippen LogP contribution in [-0.2, 0) is 0 Å². The standard InChI is InChI=1S/C13H11FN2O2/c14-9-3-1-8(2-4-9)12-11(15-7-18-12)13(17)16-10-5-6-10/h1-4,7,10H,5-6H2,(H,16,17). The summed E-state index contributed by atoms with van der Waals surface area (Å²) in [6.07, 6.45) is 3.24. The third kappa shape index (κ3) is 2.11. The van der Waals surface area contributed by atoms with Crippen molar-refractivity contribution in [2.75, 3.05) is 0 Å². The zero-order chi connectivity index (χ0) is 12.5. The van der Waals surface area contributed by atoms with Gasteiger partial charge in [-0.15, -0.1) is 0 Å². The second-order valence-corrected chi connectivity index (χ2v) is 4.28. The van der Waals surface area contributed by atoms with Crippen molar-refractivity contribution in [1.82, 2.24) is 10.3 Å². The molecule has 1 aromatic carbocycles. The predicted molar refractivity (Wildman–Crippen MR) is 62.4 cm³/mol. The molecule has 2 aromatic rings. The number of halogens is 1. The van der Waals surface area contributed by atoms with E-state index >= 15 is 0 Å². The van der Waals surface area contributed by atoms with Gasteiger partial charge < -0.3 is 9.73 Å². The zero-order valence-corrected chi connectivity index (χ0v) is 9.52. The number of amides is 1. The highest BCUT2D eigenvalue weighted by atomic mass is 19.1. The molecule has 92 valence electrons. The quantitative estimate of drug-likeness (QED) is 0.904. The third-order valence-electron chi connectivity index (χ3n) is 2.80. The Hall–Kier alpha value is -2.17. The molecule has 5 heteroatoms. The summed E-state index contributed by atoms with van der Waals surface area (Å²) in [5, 5.41) is 2.84. The van der Waals surface area contributed by atoms with Gasteiger partial charge >= 0.3 is 0 Å². The maximum Gasteiger partial charge on any atom is 0.274 e. The van der Waals surface area contributed by atoms with Crippen LogP contribution in [0, 0.1) is 5.82 Å². The Morgan fingerprint density at radius 1 is 1.33 bits per heavy atom. The SMILES string of the molecule is O=C(NC1CC1)c1ncoc1-c1ccc(F)cc1. The molecular weight excluding hydrogens is 235 g/mol. The van der Waals surface area contributed by atoms with Crippen LogP contribution in [0.5, 0.6) is 0 Å². The van der Waals surface area contributed by atoms with Crippen LogP contribution in [0.3, 0.4) is 0 Å². The van der Waals surface area contributed by atoms with E-state index in [4.69, 9.17) is 4.42 Å². The molecule has 4 nitrogen and oxygen atoms in total. The Balaban J connectivity index is 1.90. The average molecular weight is 246 g/mol. The fourth-order valence-electron chi connectivity index (χ4n) is 1.70. The molecule has 1 heterocycles. The predicted octanol–water partition coefficient (Wildman–Crippen LogP) is 2.37. The van der Waals surface area contributed by atoms with Crippen molar-refractivity contribution in [1.29, 1.82) is 0 Å². The Morgan fingerprint density at radius 2 is 2.06 bits per heavy atom. The van der Waals surface area contributed by atoms with E-state index < -0.39 is 0 Å². The summed E-state index contributed by atoms with van der Waals surface area (Å²) >= 11 is 0. The minimum Gasteiger partial charge on any atom is -0.443 e. The number of aromatic nitrogens is 1. The van der Waals surface area contributed by atoms with Crippen LogP contribution in [0.4, 0.5) is 4.39 Å². The molecule has 1 saturated carbocycles. The van der Waals surface area contributed by atoms with Crippen molar-refractivity contribution in [3.05, 3.63) is 42.2 Å². The summed E-state index contributed by atoms with van der Waals surface area (Å²) in [5.41, 5.74) is 0.878. The van der Waals surface area contributed by atoms with Gasteiger partial charge in [-0.1, -0.05) is 0 Å². The molecule has 0 aliphatic heterocycles. The largest absolute Gasteiger partial charge is 0.443 e. The highest BCUT2D eigenvalue weighted by Crippen LogP contribution is 2.25. The van der Waals surface area contributed by atoms with Gasteiger partial charge in [0.1, 0.15) is 5.82 Å². The summed E-state index contributed by atoms with van der Waals surface area (Å²) in [5.74, 6) is -0.207. The minimum atomic E-state index is -0.331. The number of hydrogen-bond acceptors (Lipinski definition) is 3. The fourth-order valence-corrected chi connectivity index (χ4v) is 1.70. The lowest BCUT2D eigenvalue weighted by molar-refractivity contribution is 0.0947. The zero-order valence-electron chi connectivity index (χ0n) is 9.52. The van der Waals surface area contributed by atoms with Crippen LogP contribution >= 0.6 is 0 Å². The number of nitrogens with one attached hydrogen (secondary N) is 1. The van der Waals surface area contributed by atoms with Crippen LogP contribution in [0.2, 0.25) is 0 Å². The highest BCUT2D eigenvalue weighted by molar-refractivity contribution is 5.97. The Morgan fingerprint density at radius 3 is 2.72 bits per heavy atom.